The molecule has 0 spiro atoms. The van der Waals surface area contributed by atoms with Crippen molar-refractivity contribution in [3.8, 4) is 0 Å². The van der Waals surface area contributed by atoms with Gasteiger partial charge in [-0.2, -0.15) is 0 Å². The molecule has 0 radical (unpaired) electrons. The molecule has 1 fully saturated rings. The minimum atomic E-state index is -0.133. The van der Waals surface area contributed by atoms with Crippen LogP contribution in [-0.2, 0) is 0 Å². The van der Waals surface area contributed by atoms with Crippen molar-refractivity contribution in [3.05, 3.63) is 22.3 Å². The smallest absolute Gasteiger partial charge is 0.255 e. The van der Waals surface area contributed by atoms with E-state index in [1.807, 2.05) is 0 Å². The summed E-state index contributed by atoms with van der Waals surface area (Å²) in [7, 11) is 0. The molecule has 1 aromatic rings. The molecule has 0 saturated heterocycles. The van der Waals surface area contributed by atoms with Crippen molar-refractivity contribution in [2.24, 2.45) is 5.92 Å². The number of nitrogens with zero attached hydrogens (tertiary/aromatic N) is 1. The van der Waals surface area contributed by atoms with Crippen LogP contribution < -0.4 is 11.1 Å². The highest BCUT2D eigenvalue weighted by atomic mass is 79.9. The number of nitrogens with two attached hydrogens (primary N) is 1. The summed E-state index contributed by atoms with van der Waals surface area (Å²) in [5.74, 6) is 0.759. The van der Waals surface area contributed by atoms with Crippen molar-refractivity contribution >= 4 is 27.7 Å². The third-order valence-electron chi connectivity index (χ3n) is 3.41. The van der Waals surface area contributed by atoms with E-state index in [0.717, 1.165) is 11.0 Å². The molecule has 1 aliphatic rings. The standard InChI is InChI=1S/C13H18BrN3O/c14-10-6-11(12(15)16-8-10)13(18)17-7-9-4-2-1-3-5-9/h6,8-9H,1-5,7H2,(H2,15,16)(H,17,18). The van der Waals surface area contributed by atoms with Gasteiger partial charge in [-0.15, -0.1) is 0 Å². The van der Waals surface area contributed by atoms with Crippen molar-refractivity contribution in [2.75, 3.05) is 12.3 Å². The quantitative estimate of drug-likeness (QED) is 0.902. The molecule has 0 unspecified atom stereocenters. The first-order valence-electron chi connectivity index (χ1n) is 6.36. The van der Waals surface area contributed by atoms with E-state index < -0.39 is 0 Å². The van der Waals surface area contributed by atoms with E-state index in [1.54, 1.807) is 12.3 Å². The predicted octanol–water partition coefficient (Wildman–Crippen LogP) is 2.74. The number of hydrogen-bond acceptors (Lipinski definition) is 3. The molecule has 5 heteroatoms. The molecule has 1 amide bonds. The first-order valence-corrected chi connectivity index (χ1v) is 7.15. The van der Waals surface area contributed by atoms with Gasteiger partial charge in [0.2, 0.25) is 0 Å². The summed E-state index contributed by atoms with van der Waals surface area (Å²) in [5, 5.41) is 2.96. The number of aromatic nitrogens is 1. The highest BCUT2D eigenvalue weighted by Crippen LogP contribution is 2.23. The summed E-state index contributed by atoms with van der Waals surface area (Å²) < 4.78 is 0.763. The van der Waals surface area contributed by atoms with E-state index in [9.17, 15) is 4.79 Å². The fourth-order valence-electron chi connectivity index (χ4n) is 2.36. The molecule has 1 saturated carbocycles. The minimum absolute atomic E-state index is 0.133. The van der Waals surface area contributed by atoms with Crippen molar-refractivity contribution in [1.29, 1.82) is 0 Å². The minimum Gasteiger partial charge on any atom is -0.383 e. The number of nitrogens with one attached hydrogen (secondary N) is 1. The van der Waals surface area contributed by atoms with Gasteiger partial charge in [-0.3, -0.25) is 4.79 Å². The average Bonchev–Trinajstić information content (AvgIpc) is 2.40. The first kappa shape index (κ1) is 13.3. The molecule has 0 bridgehead atoms. The van der Waals surface area contributed by atoms with Gasteiger partial charge in [0.25, 0.3) is 5.91 Å². The van der Waals surface area contributed by atoms with Crippen LogP contribution in [0, 0.1) is 5.92 Å². The van der Waals surface area contributed by atoms with Gasteiger partial charge in [-0.05, 0) is 40.8 Å². The van der Waals surface area contributed by atoms with E-state index in [4.69, 9.17) is 5.73 Å². The molecule has 0 aliphatic heterocycles. The van der Waals surface area contributed by atoms with E-state index in [0.29, 0.717) is 11.5 Å². The van der Waals surface area contributed by atoms with Crippen molar-refractivity contribution in [1.82, 2.24) is 10.3 Å². The lowest BCUT2D eigenvalue weighted by Crippen LogP contribution is -2.30. The Hall–Kier alpha value is -1.10. The fourth-order valence-corrected chi connectivity index (χ4v) is 2.69. The zero-order valence-corrected chi connectivity index (χ0v) is 11.9. The van der Waals surface area contributed by atoms with Crippen LogP contribution in [0.4, 0.5) is 5.82 Å². The number of rotatable bonds is 3. The second-order valence-corrected chi connectivity index (χ2v) is 5.72. The summed E-state index contributed by atoms with van der Waals surface area (Å²) in [6, 6.07) is 1.71. The molecule has 3 N–H and O–H groups in total. The summed E-state index contributed by atoms with van der Waals surface area (Å²) in [4.78, 5) is 16.0. The van der Waals surface area contributed by atoms with E-state index in [-0.39, 0.29) is 11.7 Å². The Bertz CT molecular complexity index is 430. The maximum Gasteiger partial charge on any atom is 0.255 e. The largest absolute Gasteiger partial charge is 0.383 e. The van der Waals surface area contributed by atoms with E-state index >= 15 is 0 Å². The van der Waals surface area contributed by atoms with Gasteiger partial charge >= 0.3 is 0 Å². The summed E-state index contributed by atoms with van der Waals surface area (Å²) in [6.07, 6.45) is 7.90. The molecule has 2 rings (SSSR count). The molecule has 0 atom stereocenters. The molecular weight excluding hydrogens is 294 g/mol. The number of amides is 1. The first-order chi connectivity index (χ1) is 8.66. The average molecular weight is 312 g/mol. The molecule has 1 aromatic heterocycles. The third-order valence-corrected chi connectivity index (χ3v) is 3.84. The number of carbonyl (C=O) groups excluding carboxylic acids is 1. The van der Waals surface area contributed by atoms with Crippen LogP contribution in [-0.4, -0.2) is 17.4 Å². The maximum atomic E-state index is 12.0. The summed E-state index contributed by atoms with van der Waals surface area (Å²) in [5.41, 5.74) is 6.15. The number of carbonyl (C=O) groups is 1. The lowest BCUT2D eigenvalue weighted by atomic mass is 9.89. The molecular formula is C13H18BrN3O. The second kappa shape index (κ2) is 6.18. The van der Waals surface area contributed by atoms with Crippen molar-refractivity contribution < 1.29 is 4.79 Å². The predicted molar refractivity (Wildman–Crippen MR) is 75.3 cm³/mol. The Morgan fingerprint density at radius 3 is 2.89 bits per heavy atom. The Balaban J connectivity index is 1.92. The van der Waals surface area contributed by atoms with E-state index in [1.165, 1.54) is 32.1 Å². The Morgan fingerprint density at radius 1 is 1.44 bits per heavy atom. The third kappa shape index (κ3) is 3.45. The zero-order valence-electron chi connectivity index (χ0n) is 10.3. The van der Waals surface area contributed by atoms with Crippen LogP contribution in [0.15, 0.2) is 16.7 Å². The lowest BCUT2D eigenvalue weighted by molar-refractivity contribution is 0.0944. The van der Waals surface area contributed by atoms with E-state index in [2.05, 4.69) is 26.2 Å². The number of hydrogen-bond donors (Lipinski definition) is 2. The van der Waals surface area contributed by atoms with Gasteiger partial charge in [-0.1, -0.05) is 19.3 Å². The van der Waals surface area contributed by atoms with Crippen molar-refractivity contribution in [2.45, 2.75) is 32.1 Å². The van der Waals surface area contributed by atoms with Crippen molar-refractivity contribution in [3.63, 3.8) is 0 Å². The zero-order chi connectivity index (χ0) is 13.0. The molecule has 1 heterocycles. The summed E-state index contributed by atoms with van der Waals surface area (Å²) >= 11 is 3.29. The van der Waals surface area contributed by atoms with Crippen LogP contribution in [0.5, 0.6) is 0 Å². The van der Waals surface area contributed by atoms with Gasteiger partial charge in [0.05, 0.1) is 5.56 Å². The topological polar surface area (TPSA) is 68.0 Å². The van der Waals surface area contributed by atoms with Gasteiger partial charge in [0, 0.05) is 17.2 Å². The number of nitrogen functional groups attached to an aromatic ring is 1. The van der Waals surface area contributed by atoms with Gasteiger partial charge < -0.3 is 11.1 Å². The Morgan fingerprint density at radius 2 is 2.17 bits per heavy atom. The van der Waals surface area contributed by atoms with Crippen LogP contribution >= 0.6 is 15.9 Å². The Kier molecular flexibility index (Phi) is 4.58. The highest BCUT2D eigenvalue weighted by Gasteiger charge is 2.16. The normalized spacial score (nSPS) is 16.5. The van der Waals surface area contributed by atoms with Gasteiger partial charge in [0.15, 0.2) is 0 Å². The molecule has 98 valence electrons. The number of pyridine rings is 1. The fraction of sp³-hybridized carbons (Fsp3) is 0.538. The van der Waals surface area contributed by atoms with Crippen LogP contribution in [0.25, 0.3) is 0 Å². The SMILES string of the molecule is Nc1ncc(Br)cc1C(=O)NCC1CCCCC1. The molecule has 18 heavy (non-hydrogen) atoms. The second-order valence-electron chi connectivity index (χ2n) is 4.80. The number of halogens is 1. The van der Waals surface area contributed by atoms with Gasteiger partial charge in [-0.25, -0.2) is 4.98 Å². The lowest BCUT2D eigenvalue weighted by Gasteiger charge is -2.21. The molecule has 4 nitrogen and oxygen atoms in total. The Labute approximate surface area is 115 Å². The molecule has 0 aromatic carbocycles. The van der Waals surface area contributed by atoms with Crippen LogP contribution in [0.3, 0.4) is 0 Å². The monoisotopic (exact) mass is 311 g/mol. The highest BCUT2D eigenvalue weighted by molar-refractivity contribution is 9.10. The maximum absolute atomic E-state index is 12.0. The van der Waals surface area contributed by atoms with Crippen LogP contribution in [0.1, 0.15) is 42.5 Å². The number of anilines is 1. The molecule has 1 aliphatic carbocycles. The van der Waals surface area contributed by atoms with Gasteiger partial charge in [0.1, 0.15) is 5.82 Å². The summed E-state index contributed by atoms with van der Waals surface area (Å²) in [6.45, 7) is 0.741. The van der Waals surface area contributed by atoms with Crippen LogP contribution in [0.2, 0.25) is 0 Å².